The second kappa shape index (κ2) is 7.11. The number of carbonyl (C=O) groups is 2. The van der Waals surface area contributed by atoms with Gasteiger partial charge in [0.25, 0.3) is 0 Å². The van der Waals surface area contributed by atoms with Crippen LogP contribution >= 0.6 is 0 Å². The number of carboxylic acids is 1. The zero-order chi connectivity index (χ0) is 16.0. The predicted octanol–water partition coefficient (Wildman–Crippen LogP) is 3.22. The van der Waals surface area contributed by atoms with Crippen molar-refractivity contribution in [3.63, 3.8) is 0 Å². The molecule has 0 heterocycles. The van der Waals surface area contributed by atoms with Gasteiger partial charge in [-0.05, 0) is 43.5 Å². The molecule has 0 aliphatic rings. The molecule has 0 saturated carbocycles. The number of nitrogens with one attached hydrogen (secondary N) is 1. The minimum Gasteiger partial charge on any atom is -0.496 e. The summed E-state index contributed by atoms with van der Waals surface area (Å²) in [6, 6.07) is 5.32. The van der Waals surface area contributed by atoms with Crippen LogP contribution in [0, 0.1) is 12.3 Å². The molecule has 0 aliphatic heterocycles. The first kappa shape index (κ1) is 17.0. The van der Waals surface area contributed by atoms with E-state index >= 15 is 0 Å². The summed E-state index contributed by atoms with van der Waals surface area (Å²) in [5, 5.41) is 12.1. The molecule has 0 spiro atoms. The lowest BCUT2D eigenvalue weighted by atomic mass is 9.79. The standard InChI is InChI=1S/C16H23NO4/c1-5-16(6-2,15(19)20)10-14(18)17-12-7-8-13(21-4)11(3)9-12/h7-9H,5-6,10H2,1-4H3,(H,17,18)(H,19,20). The molecular weight excluding hydrogens is 270 g/mol. The third kappa shape index (κ3) is 3.97. The Kier molecular flexibility index (Phi) is 5.76. The van der Waals surface area contributed by atoms with E-state index in [1.165, 1.54) is 0 Å². The number of methoxy groups -OCH3 is 1. The zero-order valence-electron chi connectivity index (χ0n) is 13.0. The average molecular weight is 293 g/mol. The summed E-state index contributed by atoms with van der Waals surface area (Å²) in [5.74, 6) is -0.464. The fraction of sp³-hybridized carbons (Fsp3) is 0.500. The number of benzene rings is 1. The number of aliphatic carboxylic acids is 1. The molecule has 0 atom stereocenters. The lowest BCUT2D eigenvalue weighted by molar-refractivity contribution is -0.151. The molecule has 21 heavy (non-hydrogen) atoms. The van der Waals surface area contributed by atoms with Crippen molar-refractivity contribution < 1.29 is 19.4 Å². The molecule has 5 heteroatoms. The van der Waals surface area contributed by atoms with Crippen LogP contribution in [0.2, 0.25) is 0 Å². The molecule has 1 aromatic rings. The molecular formula is C16H23NO4. The minimum absolute atomic E-state index is 0.0274. The molecule has 0 unspecified atom stereocenters. The van der Waals surface area contributed by atoms with Gasteiger partial charge in [0, 0.05) is 12.1 Å². The first-order valence-corrected chi connectivity index (χ1v) is 7.06. The molecule has 1 amide bonds. The van der Waals surface area contributed by atoms with Gasteiger partial charge in [-0.2, -0.15) is 0 Å². The van der Waals surface area contributed by atoms with Crippen molar-refractivity contribution >= 4 is 17.6 Å². The molecule has 0 aliphatic carbocycles. The van der Waals surface area contributed by atoms with E-state index in [-0.39, 0.29) is 12.3 Å². The Morgan fingerprint density at radius 1 is 1.29 bits per heavy atom. The number of ether oxygens (including phenoxy) is 1. The highest BCUT2D eigenvalue weighted by Crippen LogP contribution is 2.31. The third-order valence-corrected chi connectivity index (χ3v) is 3.98. The van der Waals surface area contributed by atoms with Crippen molar-refractivity contribution in [1.29, 1.82) is 0 Å². The lowest BCUT2D eigenvalue weighted by Crippen LogP contribution is -2.34. The van der Waals surface area contributed by atoms with Gasteiger partial charge in [-0.3, -0.25) is 9.59 Å². The van der Waals surface area contributed by atoms with E-state index in [0.717, 1.165) is 11.3 Å². The summed E-state index contributed by atoms with van der Waals surface area (Å²) in [4.78, 5) is 23.5. The number of hydrogen-bond acceptors (Lipinski definition) is 3. The summed E-state index contributed by atoms with van der Waals surface area (Å²) in [6.07, 6.45) is 0.822. The molecule has 0 radical (unpaired) electrons. The zero-order valence-corrected chi connectivity index (χ0v) is 13.0. The number of rotatable bonds is 7. The summed E-state index contributed by atoms with van der Waals surface area (Å²) < 4.78 is 5.16. The van der Waals surface area contributed by atoms with Gasteiger partial charge >= 0.3 is 5.97 Å². The van der Waals surface area contributed by atoms with Crippen LogP contribution < -0.4 is 10.1 Å². The molecule has 2 N–H and O–H groups in total. The van der Waals surface area contributed by atoms with E-state index in [2.05, 4.69) is 5.32 Å². The van der Waals surface area contributed by atoms with Gasteiger partial charge in [0.15, 0.2) is 0 Å². The Bertz CT molecular complexity index is 521. The maximum absolute atomic E-state index is 12.1. The lowest BCUT2D eigenvalue weighted by Gasteiger charge is -2.25. The Hall–Kier alpha value is -2.04. The van der Waals surface area contributed by atoms with Gasteiger partial charge < -0.3 is 15.2 Å². The summed E-state index contributed by atoms with van der Waals surface area (Å²) in [5.41, 5.74) is 0.557. The monoisotopic (exact) mass is 293 g/mol. The van der Waals surface area contributed by atoms with Crippen LogP contribution in [0.15, 0.2) is 18.2 Å². The first-order valence-electron chi connectivity index (χ1n) is 7.06. The number of carbonyl (C=O) groups excluding carboxylic acids is 1. The normalized spacial score (nSPS) is 11.0. The predicted molar refractivity (Wildman–Crippen MR) is 81.6 cm³/mol. The van der Waals surface area contributed by atoms with Crippen molar-refractivity contribution in [1.82, 2.24) is 0 Å². The first-order chi connectivity index (χ1) is 9.88. The SMILES string of the molecule is CCC(CC)(CC(=O)Nc1ccc(OC)c(C)c1)C(=O)O. The molecule has 5 nitrogen and oxygen atoms in total. The van der Waals surface area contributed by atoms with Crippen LogP contribution in [0.1, 0.15) is 38.7 Å². The smallest absolute Gasteiger partial charge is 0.310 e. The van der Waals surface area contributed by atoms with E-state index in [1.807, 2.05) is 6.92 Å². The highest BCUT2D eigenvalue weighted by molar-refractivity contribution is 5.94. The molecule has 0 aromatic heterocycles. The number of amides is 1. The van der Waals surface area contributed by atoms with Gasteiger partial charge in [-0.1, -0.05) is 13.8 Å². The van der Waals surface area contributed by atoms with Crippen LogP contribution in [0.5, 0.6) is 5.75 Å². The van der Waals surface area contributed by atoms with Crippen LogP contribution in [0.3, 0.4) is 0 Å². The van der Waals surface area contributed by atoms with E-state index in [1.54, 1.807) is 39.2 Å². The number of hydrogen-bond donors (Lipinski definition) is 2. The average Bonchev–Trinajstić information content (AvgIpc) is 2.44. The number of anilines is 1. The fourth-order valence-electron chi connectivity index (χ4n) is 2.35. The van der Waals surface area contributed by atoms with Gasteiger partial charge in [0.2, 0.25) is 5.91 Å². The van der Waals surface area contributed by atoms with Gasteiger partial charge in [-0.15, -0.1) is 0 Å². The van der Waals surface area contributed by atoms with E-state index in [9.17, 15) is 14.7 Å². The molecule has 1 aromatic carbocycles. The van der Waals surface area contributed by atoms with Crippen LogP contribution in [0.25, 0.3) is 0 Å². The highest BCUT2D eigenvalue weighted by Gasteiger charge is 2.37. The summed E-state index contributed by atoms with van der Waals surface area (Å²) >= 11 is 0. The third-order valence-electron chi connectivity index (χ3n) is 3.98. The summed E-state index contributed by atoms with van der Waals surface area (Å²) in [7, 11) is 1.59. The topological polar surface area (TPSA) is 75.6 Å². The fourth-order valence-corrected chi connectivity index (χ4v) is 2.35. The summed E-state index contributed by atoms with van der Waals surface area (Å²) in [6.45, 7) is 5.47. The maximum Gasteiger partial charge on any atom is 0.310 e. The van der Waals surface area contributed by atoms with Crippen molar-refractivity contribution in [2.45, 2.75) is 40.0 Å². The largest absolute Gasteiger partial charge is 0.496 e. The Labute approximate surface area is 125 Å². The van der Waals surface area contributed by atoms with E-state index < -0.39 is 11.4 Å². The van der Waals surface area contributed by atoms with Gasteiger partial charge in [-0.25, -0.2) is 0 Å². The Morgan fingerprint density at radius 3 is 2.33 bits per heavy atom. The van der Waals surface area contributed by atoms with Crippen LogP contribution in [-0.2, 0) is 9.59 Å². The van der Waals surface area contributed by atoms with Gasteiger partial charge in [0.05, 0.1) is 12.5 Å². The van der Waals surface area contributed by atoms with Crippen molar-refractivity contribution in [2.24, 2.45) is 5.41 Å². The number of carboxylic acid groups (broad SMARTS) is 1. The quantitative estimate of drug-likeness (QED) is 0.809. The minimum atomic E-state index is -0.994. The van der Waals surface area contributed by atoms with Crippen molar-refractivity contribution in [2.75, 3.05) is 12.4 Å². The second-order valence-electron chi connectivity index (χ2n) is 5.20. The molecule has 0 bridgehead atoms. The molecule has 0 fully saturated rings. The Morgan fingerprint density at radius 2 is 1.90 bits per heavy atom. The molecule has 116 valence electrons. The highest BCUT2D eigenvalue weighted by atomic mass is 16.5. The van der Waals surface area contributed by atoms with E-state index in [4.69, 9.17) is 4.74 Å². The maximum atomic E-state index is 12.1. The van der Waals surface area contributed by atoms with Crippen molar-refractivity contribution in [3.8, 4) is 5.75 Å². The van der Waals surface area contributed by atoms with Gasteiger partial charge in [0.1, 0.15) is 5.75 Å². The molecule has 1 rings (SSSR count). The van der Waals surface area contributed by atoms with Crippen LogP contribution in [0.4, 0.5) is 5.69 Å². The Balaban J connectivity index is 2.81. The number of aryl methyl sites for hydroxylation is 1. The van der Waals surface area contributed by atoms with Crippen LogP contribution in [-0.4, -0.2) is 24.1 Å². The van der Waals surface area contributed by atoms with E-state index in [0.29, 0.717) is 18.5 Å². The molecule has 0 saturated heterocycles. The second-order valence-corrected chi connectivity index (χ2v) is 5.20. The van der Waals surface area contributed by atoms with Crippen molar-refractivity contribution in [3.05, 3.63) is 23.8 Å².